The molecule has 0 radical (unpaired) electrons. The van der Waals surface area contributed by atoms with Crippen LogP contribution in [0, 0.1) is 0 Å². The highest BCUT2D eigenvalue weighted by atomic mass is 16.5. The number of hydrogen-bond acceptors (Lipinski definition) is 4. The zero-order valence-corrected chi connectivity index (χ0v) is 17.1. The molecular weight excluding hydrogens is 368 g/mol. The van der Waals surface area contributed by atoms with Crippen molar-refractivity contribution in [3.05, 3.63) is 59.7 Å². The predicted molar refractivity (Wildman–Crippen MR) is 113 cm³/mol. The lowest BCUT2D eigenvalue weighted by atomic mass is 10.1. The van der Waals surface area contributed by atoms with Gasteiger partial charge in [0.2, 0.25) is 0 Å². The number of benzene rings is 2. The van der Waals surface area contributed by atoms with Gasteiger partial charge in [0, 0.05) is 0 Å². The Kier molecular flexibility index (Phi) is 9.76. The van der Waals surface area contributed by atoms with Gasteiger partial charge in [0.25, 0.3) is 0 Å². The van der Waals surface area contributed by atoms with E-state index in [0.29, 0.717) is 17.9 Å². The fraction of sp³-hybridized carbons (Fsp3) is 0.417. The Bertz CT molecular complexity index is 750. The van der Waals surface area contributed by atoms with Gasteiger partial charge in [0.15, 0.2) is 0 Å². The lowest BCUT2D eigenvalue weighted by Crippen LogP contribution is -2.09. The summed E-state index contributed by atoms with van der Waals surface area (Å²) < 4.78 is 11.0. The van der Waals surface area contributed by atoms with Crippen molar-refractivity contribution >= 4 is 11.9 Å². The zero-order valence-electron chi connectivity index (χ0n) is 17.1. The van der Waals surface area contributed by atoms with Crippen LogP contribution in [-0.4, -0.2) is 23.7 Å². The Morgan fingerprint density at radius 3 is 1.83 bits per heavy atom. The van der Waals surface area contributed by atoms with Crippen LogP contribution in [-0.2, 0) is 0 Å². The van der Waals surface area contributed by atoms with Crippen molar-refractivity contribution in [2.24, 2.45) is 0 Å². The number of carboxylic acids is 1. The summed E-state index contributed by atoms with van der Waals surface area (Å²) in [7, 11) is 0. The molecule has 2 rings (SSSR count). The third kappa shape index (κ3) is 8.38. The van der Waals surface area contributed by atoms with E-state index in [2.05, 4.69) is 6.92 Å². The van der Waals surface area contributed by atoms with Crippen molar-refractivity contribution in [1.29, 1.82) is 0 Å². The first kappa shape index (κ1) is 22.5. The van der Waals surface area contributed by atoms with Crippen molar-refractivity contribution < 1.29 is 24.2 Å². The van der Waals surface area contributed by atoms with Crippen molar-refractivity contribution in [2.45, 2.75) is 58.3 Å². The third-order valence-electron chi connectivity index (χ3n) is 4.67. The molecule has 0 heterocycles. The summed E-state index contributed by atoms with van der Waals surface area (Å²) in [6, 6.07) is 12.6. The number of carbonyl (C=O) groups excluding carboxylic acids is 1. The Labute approximate surface area is 172 Å². The minimum atomic E-state index is -1.03. The van der Waals surface area contributed by atoms with Crippen LogP contribution in [0.15, 0.2) is 48.5 Å². The second-order valence-corrected chi connectivity index (χ2v) is 7.07. The van der Waals surface area contributed by atoms with Crippen molar-refractivity contribution in [3.8, 4) is 11.5 Å². The summed E-state index contributed by atoms with van der Waals surface area (Å²) in [4.78, 5) is 23.0. The molecular formula is C24H30O5. The van der Waals surface area contributed by atoms with Gasteiger partial charge in [-0.1, -0.05) is 51.9 Å². The van der Waals surface area contributed by atoms with Crippen molar-refractivity contribution in [2.75, 3.05) is 6.61 Å². The van der Waals surface area contributed by atoms with E-state index in [1.165, 1.54) is 69.2 Å². The van der Waals surface area contributed by atoms with Crippen LogP contribution < -0.4 is 9.47 Å². The van der Waals surface area contributed by atoms with E-state index in [9.17, 15) is 9.59 Å². The van der Waals surface area contributed by atoms with Gasteiger partial charge in [-0.25, -0.2) is 9.59 Å². The molecule has 0 aliphatic carbocycles. The molecule has 0 spiro atoms. The molecule has 0 saturated heterocycles. The zero-order chi connectivity index (χ0) is 20.9. The molecule has 1 N–H and O–H groups in total. The SMILES string of the molecule is CCCCCCCCCCOc1ccc(OC(=O)c2ccc(C(=O)O)cc2)cc1. The van der Waals surface area contributed by atoms with Gasteiger partial charge in [0.05, 0.1) is 17.7 Å². The molecule has 5 nitrogen and oxygen atoms in total. The maximum absolute atomic E-state index is 12.1. The first-order chi connectivity index (χ1) is 14.1. The molecule has 0 unspecified atom stereocenters. The van der Waals surface area contributed by atoms with Crippen LogP contribution in [0.3, 0.4) is 0 Å². The average Bonchev–Trinajstić information content (AvgIpc) is 2.73. The first-order valence-corrected chi connectivity index (χ1v) is 10.4. The normalized spacial score (nSPS) is 10.5. The van der Waals surface area contributed by atoms with Gasteiger partial charge < -0.3 is 14.6 Å². The minimum absolute atomic E-state index is 0.125. The molecule has 0 fully saturated rings. The molecule has 29 heavy (non-hydrogen) atoms. The van der Waals surface area contributed by atoms with Gasteiger partial charge >= 0.3 is 11.9 Å². The number of hydrogen-bond donors (Lipinski definition) is 1. The molecule has 2 aromatic rings. The summed E-state index contributed by atoms with van der Waals surface area (Å²) in [5.41, 5.74) is 0.421. The molecule has 0 bridgehead atoms. The lowest BCUT2D eigenvalue weighted by Gasteiger charge is -2.08. The van der Waals surface area contributed by atoms with Crippen molar-refractivity contribution in [3.63, 3.8) is 0 Å². The number of aromatic carboxylic acids is 1. The highest BCUT2D eigenvalue weighted by Gasteiger charge is 2.10. The molecule has 0 aliphatic heterocycles. The topological polar surface area (TPSA) is 72.8 Å². The standard InChI is InChI=1S/C24H30O5/c1-2-3-4-5-6-7-8-9-18-28-21-14-16-22(17-15-21)29-24(27)20-12-10-19(11-13-20)23(25)26/h10-17H,2-9,18H2,1H3,(H,25,26). The Morgan fingerprint density at radius 1 is 0.724 bits per heavy atom. The third-order valence-corrected chi connectivity index (χ3v) is 4.67. The number of unbranched alkanes of at least 4 members (excludes halogenated alkanes) is 7. The van der Waals surface area contributed by atoms with Crippen LogP contribution >= 0.6 is 0 Å². The summed E-state index contributed by atoms with van der Waals surface area (Å²) >= 11 is 0. The molecule has 2 aromatic carbocycles. The average molecular weight is 398 g/mol. The maximum Gasteiger partial charge on any atom is 0.343 e. The highest BCUT2D eigenvalue weighted by molar-refractivity contribution is 5.93. The van der Waals surface area contributed by atoms with E-state index in [-0.39, 0.29) is 5.56 Å². The molecule has 0 saturated carbocycles. The summed E-state index contributed by atoms with van der Waals surface area (Å²) in [5, 5.41) is 8.89. The van der Waals surface area contributed by atoms with Gasteiger partial charge in [-0.2, -0.15) is 0 Å². The summed E-state index contributed by atoms with van der Waals surface area (Å²) in [5.74, 6) is -0.405. The molecule has 0 aliphatic rings. The molecule has 5 heteroatoms. The number of ether oxygens (including phenoxy) is 2. The monoisotopic (exact) mass is 398 g/mol. The highest BCUT2D eigenvalue weighted by Crippen LogP contribution is 2.19. The Hall–Kier alpha value is -2.82. The van der Waals surface area contributed by atoms with E-state index in [1.807, 2.05) is 0 Å². The van der Waals surface area contributed by atoms with E-state index >= 15 is 0 Å². The number of rotatable bonds is 13. The van der Waals surface area contributed by atoms with Gasteiger partial charge in [-0.15, -0.1) is 0 Å². The molecule has 0 amide bonds. The lowest BCUT2D eigenvalue weighted by molar-refractivity contribution is 0.0691. The van der Waals surface area contributed by atoms with E-state index in [1.54, 1.807) is 24.3 Å². The Morgan fingerprint density at radius 2 is 1.24 bits per heavy atom. The summed E-state index contributed by atoms with van der Waals surface area (Å²) in [6.07, 6.45) is 10.1. The van der Waals surface area contributed by atoms with Gasteiger partial charge in [-0.3, -0.25) is 0 Å². The second kappa shape index (κ2) is 12.6. The van der Waals surface area contributed by atoms with E-state index < -0.39 is 11.9 Å². The molecule has 0 atom stereocenters. The fourth-order valence-electron chi connectivity index (χ4n) is 2.94. The minimum Gasteiger partial charge on any atom is -0.494 e. The van der Waals surface area contributed by atoms with Crippen LogP contribution in [0.5, 0.6) is 11.5 Å². The Balaban J connectivity index is 1.67. The van der Waals surface area contributed by atoms with Crippen LogP contribution in [0.4, 0.5) is 0 Å². The van der Waals surface area contributed by atoms with Crippen LogP contribution in [0.2, 0.25) is 0 Å². The summed E-state index contributed by atoms with van der Waals surface area (Å²) in [6.45, 7) is 2.92. The molecule has 156 valence electrons. The number of esters is 1. The number of carbonyl (C=O) groups is 2. The van der Waals surface area contributed by atoms with Crippen LogP contribution in [0.1, 0.15) is 79.0 Å². The van der Waals surface area contributed by atoms with E-state index in [0.717, 1.165) is 12.2 Å². The van der Waals surface area contributed by atoms with Crippen LogP contribution in [0.25, 0.3) is 0 Å². The maximum atomic E-state index is 12.1. The number of carboxylic acid groups (broad SMARTS) is 1. The molecule has 0 aromatic heterocycles. The van der Waals surface area contributed by atoms with Gasteiger partial charge in [-0.05, 0) is 55.0 Å². The largest absolute Gasteiger partial charge is 0.494 e. The van der Waals surface area contributed by atoms with Crippen molar-refractivity contribution in [1.82, 2.24) is 0 Å². The van der Waals surface area contributed by atoms with Gasteiger partial charge in [0.1, 0.15) is 11.5 Å². The predicted octanol–water partition coefficient (Wildman–Crippen LogP) is 6.12. The quantitative estimate of drug-likeness (QED) is 0.250. The first-order valence-electron chi connectivity index (χ1n) is 10.4. The van der Waals surface area contributed by atoms with E-state index in [4.69, 9.17) is 14.6 Å². The fourth-order valence-corrected chi connectivity index (χ4v) is 2.94. The second-order valence-electron chi connectivity index (χ2n) is 7.07. The smallest absolute Gasteiger partial charge is 0.343 e.